The summed E-state index contributed by atoms with van der Waals surface area (Å²) in [5.74, 6) is 1.81. The van der Waals surface area contributed by atoms with E-state index in [1.165, 1.54) is 5.56 Å². The van der Waals surface area contributed by atoms with Crippen molar-refractivity contribution in [1.29, 1.82) is 0 Å². The molecule has 4 nitrogen and oxygen atoms in total. The van der Waals surface area contributed by atoms with Crippen LogP contribution in [-0.2, 0) is 0 Å². The molecule has 0 amide bonds. The Balaban J connectivity index is 1.83. The fourth-order valence-electron chi connectivity index (χ4n) is 2.55. The Labute approximate surface area is 110 Å². The molecule has 0 spiro atoms. The van der Waals surface area contributed by atoms with Gasteiger partial charge in [-0.15, -0.1) is 0 Å². The van der Waals surface area contributed by atoms with E-state index < -0.39 is 0 Å². The molecule has 2 atom stereocenters. The predicted octanol–water partition coefficient (Wildman–Crippen LogP) is 3.09. The Morgan fingerprint density at radius 3 is 3.00 bits per heavy atom. The average Bonchev–Trinajstić information content (AvgIpc) is 2.97. The van der Waals surface area contributed by atoms with Crippen LogP contribution in [0.15, 0.2) is 15.3 Å². The molecular formula is C13H17N3OS. The Morgan fingerprint density at radius 1 is 1.39 bits per heavy atom. The molecule has 1 aliphatic carbocycles. The molecule has 2 aromatic rings. The summed E-state index contributed by atoms with van der Waals surface area (Å²) < 4.78 is 5.42. The first-order valence-corrected chi connectivity index (χ1v) is 7.30. The first kappa shape index (κ1) is 11.9. The van der Waals surface area contributed by atoms with E-state index in [-0.39, 0.29) is 6.04 Å². The lowest BCUT2D eigenvalue weighted by Gasteiger charge is -2.23. The zero-order valence-electron chi connectivity index (χ0n) is 10.4. The van der Waals surface area contributed by atoms with Gasteiger partial charge in [0.25, 0.3) is 0 Å². The number of nitrogens with zero attached hydrogens (tertiary/aromatic N) is 2. The topological polar surface area (TPSA) is 64.9 Å². The van der Waals surface area contributed by atoms with Gasteiger partial charge in [-0.25, -0.2) is 0 Å². The number of nitrogens with two attached hydrogens (primary N) is 1. The van der Waals surface area contributed by atoms with E-state index in [1.54, 1.807) is 11.3 Å². The van der Waals surface area contributed by atoms with Crippen LogP contribution >= 0.6 is 11.3 Å². The molecule has 1 fully saturated rings. The quantitative estimate of drug-likeness (QED) is 0.904. The highest BCUT2D eigenvalue weighted by atomic mass is 32.1. The standard InChI is InChI=1S/C13H17N3OS/c1-8-6-18-7-11(8)12-15-13(17-16-12)9-3-2-4-10(14)5-9/h6-7,9-10H,2-5,14H2,1H3. The van der Waals surface area contributed by atoms with E-state index in [2.05, 4.69) is 27.8 Å². The van der Waals surface area contributed by atoms with Gasteiger partial charge in [0.2, 0.25) is 11.7 Å². The molecular weight excluding hydrogens is 246 g/mol. The van der Waals surface area contributed by atoms with E-state index in [4.69, 9.17) is 10.3 Å². The molecule has 5 heteroatoms. The molecule has 18 heavy (non-hydrogen) atoms. The minimum Gasteiger partial charge on any atom is -0.339 e. The molecule has 0 radical (unpaired) electrons. The van der Waals surface area contributed by atoms with Crippen LogP contribution in [-0.4, -0.2) is 16.2 Å². The second-order valence-electron chi connectivity index (χ2n) is 5.05. The van der Waals surface area contributed by atoms with Crippen molar-refractivity contribution in [3.63, 3.8) is 0 Å². The van der Waals surface area contributed by atoms with E-state index in [1.807, 2.05) is 0 Å². The predicted molar refractivity (Wildman–Crippen MR) is 71.5 cm³/mol. The Kier molecular flexibility index (Phi) is 3.18. The largest absolute Gasteiger partial charge is 0.339 e. The number of hydrogen-bond donors (Lipinski definition) is 1. The molecule has 0 saturated heterocycles. The summed E-state index contributed by atoms with van der Waals surface area (Å²) >= 11 is 1.66. The molecule has 3 rings (SSSR count). The van der Waals surface area contributed by atoms with Crippen molar-refractivity contribution in [2.75, 3.05) is 0 Å². The summed E-state index contributed by atoms with van der Waals surface area (Å²) in [5, 5.41) is 8.26. The van der Waals surface area contributed by atoms with Gasteiger partial charge in [-0.05, 0) is 37.1 Å². The highest BCUT2D eigenvalue weighted by Gasteiger charge is 2.26. The van der Waals surface area contributed by atoms with Crippen molar-refractivity contribution >= 4 is 11.3 Å². The molecule has 2 unspecified atom stereocenters. The zero-order valence-corrected chi connectivity index (χ0v) is 11.2. The SMILES string of the molecule is Cc1cscc1-c1noc(C2CCCC(N)C2)n1. The van der Waals surface area contributed by atoms with E-state index in [0.29, 0.717) is 11.7 Å². The molecule has 2 heterocycles. The maximum absolute atomic E-state index is 6.00. The number of hydrogen-bond acceptors (Lipinski definition) is 5. The molecule has 2 aromatic heterocycles. The molecule has 0 aromatic carbocycles. The smallest absolute Gasteiger partial charge is 0.230 e. The molecule has 1 aliphatic rings. The third kappa shape index (κ3) is 2.20. The lowest BCUT2D eigenvalue weighted by atomic mass is 9.86. The van der Waals surface area contributed by atoms with Crippen molar-refractivity contribution < 1.29 is 4.52 Å². The van der Waals surface area contributed by atoms with Crippen molar-refractivity contribution in [3.05, 3.63) is 22.2 Å². The number of aryl methyl sites for hydroxylation is 1. The summed E-state index contributed by atoms with van der Waals surface area (Å²) in [6.07, 6.45) is 4.34. The van der Waals surface area contributed by atoms with Crippen LogP contribution in [0.2, 0.25) is 0 Å². The number of thiophene rings is 1. The lowest BCUT2D eigenvalue weighted by molar-refractivity contribution is 0.299. The van der Waals surface area contributed by atoms with Gasteiger partial charge in [0.15, 0.2) is 0 Å². The fourth-order valence-corrected chi connectivity index (χ4v) is 3.38. The summed E-state index contributed by atoms with van der Waals surface area (Å²) in [5.41, 5.74) is 8.28. The van der Waals surface area contributed by atoms with Gasteiger partial charge in [0.05, 0.1) is 0 Å². The highest BCUT2D eigenvalue weighted by molar-refractivity contribution is 7.08. The van der Waals surface area contributed by atoms with Gasteiger partial charge in [-0.2, -0.15) is 16.3 Å². The zero-order chi connectivity index (χ0) is 12.5. The molecule has 96 valence electrons. The molecule has 0 bridgehead atoms. The second kappa shape index (κ2) is 4.82. The number of aromatic nitrogens is 2. The van der Waals surface area contributed by atoms with Crippen molar-refractivity contribution in [3.8, 4) is 11.4 Å². The van der Waals surface area contributed by atoms with Crippen molar-refractivity contribution in [1.82, 2.24) is 10.1 Å². The van der Waals surface area contributed by atoms with Crippen LogP contribution < -0.4 is 5.73 Å². The summed E-state index contributed by atoms with van der Waals surface area (Å²) in [6, 6.07) is 0.280. The Morgan fingerprint density at radius 2 is 2.28 bits per heavy atom. The maximum atomic E-state index is 6.00. The van der Waals surface area contributed by atoms with E-state index in [9.17, 15) is 0 Å². The second-order valence-corrected chi connectivity index (χ2v) is 5.79. The van der Waals surface area contributed by atoms with Gasteiger partial charge < -0.3 is 10.3 Å². The van der Waals surface area contributed by atoms with Crippen LogP contribution in [0.25, 0.3) is 11.4 Å². The minimum atomic E-state index is 0.280. The fraction of sp³-hybridized carbons (Fsp3) is 0.538. The third-order valence-corrected chi connectivity index (χ3v) is 4.46. The molecule has 2 N–H and O–H groups in total. The van der Waals surface area contributed by atoms with Gasteiger partial charge in [-0.1, -0.05) is 11.6 Å². The average molecular weight is 263 g/mol. The van der Waals surface area contributed by atoms with Crippen molar-refractivity contribution in [2.24, 2.45) is 5.73 Å². The van der Waals surface area contributed by atoms with E-state index >= 15 is 0 Å². The van der Waals surface area contributed by atoms with Gasteiger partial charge in [0.1, 0.15) is 0 Å². The lowest BCUT2D eigenvalue weighted by Crippen LogP contribution is -2.26. The van der Waals surface area contributed by atoms with E-state index in [0.717, 1.165) is 37.1 Å². The number of rotatable bonds is 2. The first-order chi connectivity index (χ1) is 8.74. The van der Waals surface area contributed by atoms with Crippen molar-refractivity contribution in [2.45, 2.75) is 44.6 Å². The Bertz CT molecular complexity index is 534. The highest BCUT2D eigenvalue weighted by Crippen LogP contribution is 2.33. The van der Waals surface area contributed by atoms with Crippen LogP contribution in [0.3, 0.4) is 0 Å². The summed E-state index contributed by atoms with van der Waals surface area (Å²) in [6.45, 7) is 2.07. The molecule has 1 saturated carbocycles. The minimum absolute atomic E-state index is 0.280. The van der Waals surface area contributed by atoms with Crippen LogP contribution in [0.4, 0.5) is 0 Å². The monoisotopic (exact) mass is 263 g/mol. The summed E-state index contributed by atoms with van der Waals surface area (Å²) in [7, 11) is 0. The normalized spacial score (nSPS) is 24.3. The first-order valence-electron chi connectivity index (χ1n) is 6.36. The van der Waals surface area contributed by atoms with Crippen LogP contribution in [0, 0.1) is 6.92 Å². The molecule has 0 aliphatic heterocycles. The van der Waals surface area contributed by atoms with Gasteiger partial charge in [0, 0.05) is 22.9 Å². The van der Waals surface area contributed by atoms with Gasteiger partial charge in [-0.3, -0.25) is 0 Å². The van der Waals surface area contributed by atoms with Gasteiger partial charge >= 0.3 is 0 Å². The van der Waals surface area contributed by atoms with Crippen LogP contribution in [0.1, 0.15) is 43.1 Å². The maximum Gasteiger partial charge on any atom is 0.230 e. The van der Waals surface area contributed by atoms with Crippen LogP contribution in [0.5, 0.6) is 0 Å². The summed E-state index contributed by atoms with van der Waals surface area (Å²) in [4.78, 5) is 4.54. The third-order valence-electron chi connectivity index (χ3n) is 3.60. The Hall–Kier alpha value is -1.20.